The van der Waals surface area contributed by atoms with Gasteiger partial charge < -0.3 is 10.1 Å². The fourth-order valence-electron chi connectivity index (χ4n) is 2.95. The summed E-state index contributed by atoms with van der Waals surface area (Å²) in [6.07, 6.45) is 4.48. The van der Waals surface area contributed by atoms with Crippen molar-refractivity contribution in [2.24, 2.45) is 5.41 Å². The minimum Gasteiger partial charge on any atom is -0.496 e. The molecule has 1 aromatic rings. The summed E-state index contributed by atoms with van der Waals surface area (Å²) in [6, 6.07) is 5.25. The van der Waals surface area contributed by atoms with Gasteiger partial charge in [-0.25, -0.2) is 0 Å². The summed E-state index contributed by atoms with van der Waals surface area (Å²) < 4.78 is 5.05. The number of rotatable bonds is 4. The van der Waals surface area contributed by atoms with Gasteiger partial charge in [0.1, 0.15) is 11.4 Å². The molecule has 0 bridgehead atoms. The predicted molar refractivity (Wildman–Crippen MR) is 79.3 cm³/mol. The Hall–Kier alpha value is -1.78. The fourth-order valence-corrected chi connectivity index (χ4v) is 2.95. The second-order valence-electron chi connectivity index (χ2n) is 6.24. The quantitative estimate of drug-likeness (QED) is 0.668. The Kier molecular flexibility index (Phi) is 4.16. The molecule has 0 aliphatic heterocycles. The van der Waals surface area contributed by atoms with Crippen LogP contribution in [0.25, 0.3) is 0 Å². The number of anilines is 1. The van der Waals surface area contributed by atoms with E-state index in [1.165, 1.54) is 19.6 Å². The molecule has 1 saturated carbocycles. The van der Waals surface area contributed by atoms with Crippen molar-refractivity contribution in [1.29, 1.82) is 0 Å². The van der Waals surface area contributed by atoms with E-state index in [-0.39, 0.29) is 10.6 Å². The molecule has 2 rings (SSSR count). The summed E-state index contributed by atoms with van der Waals surface area (Å²) in [7, 11) is 1.51. The Bertz CT molecular complexity index is 500. The van der Waals surface area contributed by atoms with Gasteiger partial charge in [-0.15, -0.1) is 0 Å². The highest BCUT2D eigenvalue weighted by Crippen LogP contribution is 2.38. The van der Waals surface area contributed by atoms with Crippen LogP contribution in [0, 0.1) is 15.5 Å². The maximum atomic E-state index is 11.2. The highest BCUT2D eigenvalue weighted by atomic mass is 16.6. The van der Waals surface area contributed by atoms with Crippen LogP contribution in [0.3, 0.4) is 0 Å². The number of nitrogens with one attached hydrogen (secondary N) is 1. The zero-order valence-corrected chi connectivity index (χ0v) is 12.3. The van der Waals surface area contributed by atoms with E-state index in [1.54, 1.807) is 12.1 Å². The van der Waals surface area contributed by atoms with Crippen molar-refractivity contribution in [2.45, 2.75) is 45.6 Å². The first-order valence-corrected chi connectivity index (χ1v) is 7.00. The van der Waals surface area contributed by atoms with Crippen LogP contribution in [0.4, 0.5) is 11.4 Å². The fraction of sp³-hybridized carbons (Fsp3) is 0.600. The summed E-state index contributed by atoms with van der Waals surface area (Å²) in [4.78, 5) is 10.8. The van der Waals surface area contributed by atoms with E-state index in [0.29, 0.717) is 22.9 Å². The molecule has 0 aromatic heterocycles. The third-order valence-electron chi connectivity index (χ3n) is 3.97. The topological polar surface area (TPSA) is 64.4 Å². The van der Waals surface area contributed by atoms with Crippen LogP contribution in [0.15, 0.2) is 18.2 Å². The van der Waals surface area contributed by atoms with Gasteiger partial charge in [0.2, 0.25) is 0 Å². The van der Waals surface area contributed by atoms with Gasteiger partial charge in [0, 0.05) is 6.04 Å². The van der Waals surface area contributed by atoms with Crippen molar-refractivity contribution >= 4 is 11.4 Å². The molecule has 5 heteroatoms. The maximum Gasteiger partial charge on any atom is 0.296 e. The van der Waals surface area contributed by atoms with Gasteiger partial charge in [0.25, 0.3) is 5.69 Å². The smallest absolute Gasteiger partial charge is 0.296 e. The van der Waals surface area contributed by atoms with Crippen molar-refractivity contribution in [3.63, 3.8) is 0 Å². The predicted octanol–water partition coefficient (Wildman–Crippen LogP) is 3.98. The highest BCUT2D eigenvalue weighted by Gasteiger charge is 2.29. The molecule has 1 fully saturated rings. The van der Waals surface area contributed by atoms with Crippen molar-refractivity contribution < 1.29 is 9.66 Å². The lowest BCUT2D eigenvalue weighted by molar-refractivity contribution is -0.384. The Balaban J connectivity index is 2.18. The second-order valence-corrected chi connectivity index (χ2v) is 6.24. The Labute approximate surface area is 119 Å². The van der Waals surface area contributed by atoms with Crippen LogP contribution in [0.2, 0.25) is 0 Å². The number of nitrogens with zero attached hydrogens (tertiary/aromatic N) is 1. The molecule has 5 nitrogen and oxygen atoms in total. The summed E-state index contributed by atoms with van der Waals surface area (Å²) in [6.45, 7) is 4.51. The van der Waals surface area contributed by atoms with E-state index in [1.807, 2.05) is 0 Å². The SMILES string of the molecule is COc1ccc(NC2CCCC(C)(C)C2)c([N+](=O)[O-])c1. The van der Waals surface area contributed by atoms with Gasteiger partial charge in [-0.2, -0.15) is 0 Å². The van der Waals surface area contributed by atoms with Crippen molar-refractivity contribution in [3.05, 3.63) is 28.3 Å². The molecule has 1 aliphatic rings. The maximum absolute atomic E-state index is 11.2. The second kappa shape index (κ2) is 5.69. The third-order valence-corrected chi connectivity index (χ3v) is 3.97. The molecule has 1 aromatic carbocycles. The molecule has 0 spiro atoms. The Morgan fingerprint density at radius 2 is 2.20 bits per heavy atom. The number of benzene rings is 1. The van der Waals surface area contributed by atoms with Crippen LogP contribution in [-0.4, -0.2) is 18.1 Å². The largest absolute Gasteiger partial charge is 0.496 e. The third kappa shape index (κ3) is 3.40. The minimum absolute atomic E-state index is 0.0766. The molecule has 1 aliphatic carbocycles. The van der Waals surface area contributed by atoms with Gasteiger partial charge in [-0.1, -0.05) is 20.3 Å². The number of nitro groups is 1. The zero-order valence-electron chi connectivity index (χ0n) is 12.3. The van der Waals surface area contributed by atoms with E-state index in [0.717, 1.165) is 19.3 Å². The molecule has 1 unspecified atom stereocenters. The Morgan fingerprint density at radius 1 is 1.45 bits per heavy atom. The van der Waals surface area contributed by atoms with Gasteiger partial charge >= 0.3 is 0 Å². The molecule has 0 saturated heterocycles. The van der Waals surface area contributed by atoms with Crippen LogP contribution >= 0.6 is 0 Å². The van der Waals surface area contributed by atoms with Gasteiger partial charge in [0.15, 0.2) is 0 Å². The first-order valence-electron chi connectivity index (χ1n) is 7.00. The zero-order chi connectivity index (χ0) is 14.8. The lowest BCUT2D eigenvalue weighted by atomic mass is 9.75. The van der Waals surface area contributed by atoms with Crippen molar-refractivity contribution in [3.8, 4) is 5.75 Å². The normalized spacial score (nSPS) is 21.2. The van der Waals surface area contributed by atoms with E-state index >= 15 is 0 Å². The van der Waals surface area contributed by atoms with Crippen LogP contribution < -0.4 is 10.1 Å². The van der Waals surface area contributed by atoms with E-state index in [2.05, 4.69) is 19.2 Å². The monoisotopic (exact) mass is 278 g/mol. The van der Waals surface area contributed by atoms with Crippen LogP contribution in [-0.2, 0) is 0 Å². The standard InChI is InChI=1S/C15H22N2O3/c1-15(2)8-4-5-11(10-15)16-13-7-6-12(20-3)9-14(13)17(18)19/h6-7,9,11,16H,4-5,8,10H2,1-3H3. The highest BCUT2D eigenvalue weighted by molar-refractivity contribution is 5.64. The van der Waals surface area contributed by atoms with Gasteiger partial charge in [0.05, 0.1) is 18.1 Å². The molecule has 20 heavy (non-hydrogen) atoms. The molecule has 0 amide bonds. The molecular formula is C15H22N2O3. The van der Waals surface area contributed by atoms with Crippen LogP contribution in [0.5, 0.6) is 5.75 Å². The lowest BCUT2D eigenvalue weighted by Gasteiger charge is -2.35. The molecule has 1 N–H and O–H groups in total. The lowest BCUT2D eigenvalue weighted by Crippen LogP contribution is -2.31. The molecule has 110 valence electrons. The molecule has 1 atom stereocenters. The summed E-state index contributed by atoms with van der Waals surface area (Å²) >= 11 is 0. The first-order chi connectivity index (χ1) is 9.41. The van der Waals surface area contributed by atoms with E-state index in [4.69, 9.17) is 4.74 Å². The number of hydrogen-bond donors (Lipinski definition) is 1. The number of methoxy groups -OCH3 is 1. The number of hydrogen-bond acceptors (Lipinski definition) is 4. The number of nitro benzene ring substituents is 1. The van der Waals surface area contributed by atoms with Crippen LogP contribution in [0.1, 0.15) is 39.5 Å². The van der Waals surface area contributed by atoms with Gasteiger partial charge in [-0.05, 0) is 36.8 Å². The number of ether oxygens (including phenoxy) is 1. The average molecular weight is 278 g/mol. The average Bonchev–Trinajstić information content (AvgIpc) is 2.37. The summed E-state index contributed by atoms with van der Waals surface area (Å²) in [5, 5.41) is 14.5. The summed E-state index contributed by atoms with van der Waals surface area (Å²) in [5.41, 5.74) is 0.961. The molecular weight excluding hydrogens is 256 g/mol. The molecule has 0 radical (unpaired) electrons. The first kappa shape index (κ1) is 14.6. The minimum atomic E-state index is -0.362. The van der Waals surface area contributed by atoms with E-state index < -0.39 is 0 Å². The van der Waals surface area contributed by atoms with Crippen molar-refractivity contribution in [1.82, 2.24) is 0 Å². The van der Waals surface area contributed by atoms with Crippen molar-refractivity contribution in [2.75, 3.05) is 12.4 Å². The summed E-state index contributed by atoms with van der Waals surface area (Å²) in [5.74, 6) is 0.506. The van der Waals surface area contributed by atoms with E-state index in [9.17, 15) is 10.1 Å². The Morgan fingerprint density at radius 3 is 2.80 bits per heavy atom. The molecule has 0 heterocycles. The van der Waals surface area contributed by atoms with Gasteiger partial charge in [-0.3, -0.25) is 10.1 Å².